The average molecular weight is 493 g/mol. The molecular weight excluding hydrogens is 475 g/mol. The van der Waals surface area contributed by atoms with Gasteiger partial charge in [-0.2, -0.15) is 0 Å². The Morgan fingerprint density at radius 2 is 1.71 bits per heavy atom. The second-order valence-electron chi connectivity index (χ2n) is 7.57. The van der Waals surface area contributed by atoms with Crippen LogP contribution in [-0.2, 0) is 11.3 Å². The number of carbonyl (C=O) groups is 2. The summed E-state index contributed by atoms with van der Waals surface area (Å²) in [5, 5.41) is 1.10. The van der Waals surface area contributed by atoms with E-state index in [1.165, 1.54) is 6.07 Å². The number of halogens is 2. The Balaban J connectivity index is 1.41. The van der Waals surface area contributed by atoms with E-state index < -0.39 is 5.82 Å². The van der Waals surface area contributed by atoms with Crippen LogP contribution in [0.15, 0.2) is 83.9 Å². The average Bonchev–Trinajstić information content (AvgIpc) is 3.32. The first kappa shape index (κ1) is 22.3. The molecule has 0 saturated carbocycles. The van der Waals surface area contributed by atoms with Crippen molar-refractivity contribution >= 4 is 57.2 Å². The Morgan fingerprint density at radius 3 is 2.50 bits per heavy atom. The number of aromatic nitrogens is 1. The summed E-state index contributed by atoms with van der Waals surface area (Å²) in [6.45, 7) is 0.751. The maximum atomic E-state index is 13.8. The molecule has 4 aromatic rings. The van der Waals surface area contributed by atoms with Gasteiger partial charge in [-0.1, -0.05) is 41.9 Å². The Hall–Kier alpha value is -3.55. The third-order valence-electron chi connectivity index (χ3n) is 5.41. The van der Waals surface area contributed by atoms with Gasteiger partial charge in [0.25, 0.3) is 11.1 Å². The number of nitrogens with zero attached hydrogens (tertiary/aromatic N) is 2. The fraction of sp³-hybridized carbons (Fsp3) is 0.0769. The van der Waals surface area contributed by atoms with Crippen molar-refractivity contribution in [2.24, 2.45) is 0 Å². The molecule has 0 unspecified atom stereocenters. The fourth-order valence-electron chi connectivity index (χ4n) is 3.81. The van der Waals surface area contributed by atoms with Crippen LogP contribution < -0.4 is 9.64 Å². The van der Waals surface area contributed by atoms with Gasteiger partial charge in [0.1, 0.15) is 6.61 Å². The van der Waals surface area contributed by atoms with Crippen LogP contribution in [0.4, 0.5) is 14.9 Å². The van der Waals surface area contributed by atoms with E-state index in [1.807, 2.05) is 35.0 Å². The predicted molar refractivity (Wildman–Crippen MR) is 134 cm³/mol. The van der Waals surface area contributed by atoms with Gasteiger partial charge in [0.15, 0.2) is 11.6 Å². The van der Waals surface area contributed by atoms with Gasteiger partial charge < -0.3 is 9.30 Å². The largest absolute Gasteiger partial charge is 0.489 e. The number of amides is 2. The van der Waals surface area contributed by atoms with Crippen molar-refractivity contribution in [2.45, 2.75) is 6.54 Å². The van der Waals surface area contributed by atoms with E-state index in [0.29, 0.717) is 22.2 Å². The molecule has 0 radical (unpaired) electrons. The van der Waals surface area contributed by atoms with E-state index in [9.17, 15) is 14.0 Å². The number of hydrogen-bond donors (Lipinski definition) is 0. The van der Waals surface area contributed by atoms with Crippen LogP contribution in [0.2, 0.25) is 5.02 Å². The second-order valence-corrected chi connectivity index (χ2v) is 9.00. The van der Waals surface area contributed by atoms with Gasteiger partial charge in [-0.15, -0.1) is 0 Å². The fourth-order valence-corrected chi connectivity index (χ4v) is 4.77. The standard InChI is InChI=1S/C26H18ClFN2O3S/c27-18-9-11-19(12-10-18)30-25(31)24(34-26(30)32)15-17-16-29(22-7-3-1-5-20(17)22)13-14-33-23-8-4-2-6-21(23)28/h1-12,15-16H,13-14H2/b24-15-. The highest BCUT2D eigenvalue weighted by atomic mass is 35.5. The number of anilines is 1. The minimum atomic E-state index is -0.406. The second kappa shape index (κ2) is 9.37. The van der Waals surface area contributed by atoms with Crippen LogP contribution in [0.5, 0.6) is 5.75 Å². The summed E-state index contributed by atoms with van der Waals surface area (Å²) < 4.78 is 21.4. The lowest BCUT2D eigenvalue weighted by atomic mass is 10.1. The zero-order chi connectivity index (χ0) is 23.7. The smallest absolute Gasteiger partial charge is 0.298 e. The van der Waals surface area contributed by atoms with Gasteiger partial charge >= 0.3 is 0 Å². The Labute approximate surface area is 204 Å². The Kier molecular flexibility index (Phi) is 6.13. The zero-order valence-corrected chi connectivity index (χ0v) is 19.4. The number of para-hydroxylation sites is 2. The van der Waals surface area contributed by atoms with E-state index in [-0.39, 0.29) is 23.5 Å². The molecule has 0 spiro atoms. The van der Waals surface area contributed by atoms with Gasteiger partial charge in [0.05, 0.1) is 17.1 Å². The molecule has 2 heterocycles. The topological polar surface area (TPSA) is 51.5 Å². The first-order valence-electron chi connectivity index (χ1n) is 10.5. The molecule has 8 heteroatoms. The van der Waals surface area contributed by atoms with E-state index >= 15 is 0 Å². The summed E-state index contributed by atoms with van der Waals surface area (Å²) in [4.78, 5) is 27.1. The normalized spacial score (nSPS) is 15.0. The molecule has 1 saturated heterocycles. The monoisotopic (exact) mass is 492 g/mol. The van der Waals surface area contributed by atoms with E-state index in [0.717, 1.165) is 33.1 Å². The lowest BCUT2D eigenvalue weighted by molar-refractivity contribution is -0.113. The van der Waals surface area contributed by atoms with E-state index in [4.69, 9.17) is 16.3 Å². The number of ether oxygens (including phenoxy) is 1. The van der Waals surface area contributed by atoms with Crippen molar-refractivity contribution in [1.29, 1.82) is 0 Å². The molecule has 0 atom stereocenters. The maximum Gasteiger partial charge on any atom is 0.298 e. The maximum absolute atomic E-state index is 13.8. The summed E-state index contributed by atoms with van der Waals surface area (Å²) in [5.74, 6) is -0.580. The quantitative estimate of drug-likeness (QED) is 0.279. The molecule has 34 heavy (non-hydrogen) atoms. The number of rotatable bonds is 6. The van der Waals surface area contributed by atoms with Crippen molar-refractivity contribution in [3.8, 4) is 5.75 Å². The zero-order valence-electron chi connectivity index (χ0n) is 17.8. The molecule has 0 N–H and O–H groups in total. The molecular formula is C26H18ClFN2O3S. The van der Waals surface area contributed by atoms with Crippen molar-refractivity contribution in [3.63, 3.8) is 0 Å². The molecule has 170 valence electrons. The predicted octanol–water partition coefficient (Wildman–Crippen LogP) is 6.75. The minimum absolute atomic E-state index is 0.204. The van der Waals surface area contributed by atoms with Gasteiger partial charge in [-0.05, 0) is 60.3 Å². The van der Waals surface area contributed by atoms with Crippen LogP contribution in [0.25, 0.3) is 17.0 Å². The molecule has 5 nitrogen and oxygen atoms in total. The van der Waals surface area contributed by atoms with Crippen molar-refractivity contribution in [1.82, 2.24) is 4.57 Å². The van der Waals surface area contributed by atoms with Gasteiger partial charge in [-0.3, -0.25) is 9.59 Å². The third kappa shape index (κ3) is 4.32. The molecule has 1 aliphatic rings. The Bertz CT molecular complexity index is 1430. The minimum Gasteiger partial charge on any atom is -0.489 e. The number of thioether (sulfide) groups is 1. The summed E-state index contributed by atoms with van der Waals surface area (Å²) in [7, 11) is 0. The first-order chi connectivity index (χ1) is 16.5. The molecule has 3 aromatic carbocycles. The number of imide groups is 1. The van der Waals surface area contributed by atoms with Crippen LogP contribution in [0.3, 0.4) is 0 Å². The molecule has 2 amide bonds. The highest BCUT2D eigenvalue weighted by Crippen LogP contribution is 2.37. The van der Waals surface area contributed by atoms with Gasteiger partial charge in [0.2, 0.25) is 0 Å². The molecule has 5 rings (SSSR count). The van der Waals surface area contributed by atoms with Crippen LogP contribution in [0.1, 0.15) is 5.56 Å². The van der Waals surface area contributed by atoms with Crippen molar-refractivity contribution < 1.29 is 18.7 Å². The van der Waals surface area contributed by atoms with Gasteiger partial charge in [0, 0.05) is 27.7 Å². The summed E-state index contributed by atoms with van der Waals surface area (Å²) in [5.41, 5.74) is 2.23. The van der Waals surface area contributed by atoms with E-state index in [1.54, 1.807) is 48.5 Å². The molecule has 0 bridgehead atoms. The van der Waals surface area contributed by atoms with Crippen LogP contribution in [-0.4, -0.2) is 22.3 Å². The highest BCUT2D eigenvalue weighted by molar-refractivity contribution is 8.19. The number of carbonyl (C=O) groups excluding carboxylic acids is 2. The molecule has 0 aliphatic carbocycles. The van der Waals surface area contributed by atoms with Crippen LogP contribution >= 0.6 is 23.4 Å². The number of hydrogen-bond acceptors (Lipinski definition) is 4. The molecule has 1 aromatic heterocycles. The Morgan fingerprint density at radius 1 is 0.971 bits per heavy atom. The SMILES string of the molecule is O=C1S/C(=C\c2cn(CCOc3ccccc3F)c3ccccc23)C(=O)N1c1ccc(Cl)cc1. The van der Waals surface area contributed by atoms with Crippen LogP contribution in [0, 0.1) is 5.82 Å². The summed E-state index contributed by atoms with van der Waals surface area (Å²) >= 11 is 6.83. The third-order valence-corrected chi connectivity index (χ3v) is 6.53. The lowest BCUT2D eigenvalue weighted by Crippen LogP contribution is -2.27. The summed E-state index contributed by atoms with van der Waals surface area (Å²) in [6, 6.07) is 20.6. The van der Waals surface area contributed by atoms with Crippen molar-refractivity contribution in [3.05, 3.63) is 100 Å². The molecule has 1 fully saturated rings. The highest BCUT2D eigenvalue weighted by Gasteiger charge is 2.36. The first-order valence-corrected chi connectivity index (χ1v) is 11.7. The number of fused-ring (bicyclic) bond motifs is 1. The van der Waals surface area contributed by atoms with Crippen molar-refractivity contribution in [2.75, 3.05) is 11.5 Å². The lowest BCUT2D eigenvalue weighted by Gasteiger charge is -2.12. The van der Waals surface area contributed by atoms with Gasteiger partial charge in [-0.25, -0.2) is 9.29 Å². The number of benzene rings is 3. The van der Waals surface area contributed by atoms with E-state index in [2.05, 4.69) is 0 Å². The molecule has 1 aliphatic heterocycles. The summed E-state index contributed by atoms with van der Waals surface area (Å²) in [6.07, 6.45) is 3.64.